The van der Waals surface area contributed by atoms with Gasteiger partial charge in [-0.05, 0) is 45.3 Å². The standard InChI is InChI=1S/C21H28N6OS/c1-2-26-12-6-21(18(26)28)16-27(19-23-7-3-8-24-19)15-20(21)4-10-25(11-5-20)14-17-22-9-13-29-17/h3,7-9,13H,2,4-6,10-12,14-16H2,1H3/t21-/m1/s1. The Morgan fingerprint density at radius 1 is 1.03 bits per heavy atom. The van der Waals surface area contributed by atoms with Crippen LogP contribution in [0, 0.1) is 10.8 Å². The van der Waals surface area contributed by atoms with Crippen LogP contribution in [0.5, 0.6) is 0 Å². The van der Waals surface area contributed by atoms with Gasteiger partial charge < -0.3 is 9.80 Å². The van der Waals surface area contributed by atoms with E-state index in [4.69, 9.17) is 0 Å². The van der Waals surface area contributed by atoms with Crippen molar-refractivity contribution in [2.24, 2.45) is 10.8 Å². The highest BCUT2D eigenvalue weighted by atomic mass is 32.1. The molecule has 0 bridgehead atoms. The van der Waals surface area contributed by atoms with Crippen molar-refractivity contribution in [2.75, 3.05) is 44.2 Å². The molecule has 1 amide bonds. The first-order valence-corrected chi connectivity index (χ1v) is 11.5. The van der Waals surface area contributed by atoms with E-state index in [9.17, 15) is 4.79 Å². The molecule has 3 fully saturated rings. The first-order valence-electron chi connectivity index (χ1n) is 10.6. The molecule has 2 aromatic heterocycles. The van der Waals surface area contributed by atoms with E-state index < -0.39 is 0 Å². The number of hydrogen-bond acceptors (Lipinski definition) is 7. The van der Waals surface area contributed by atoms with Crippen molar-refractivity contribution in [3.63, 3.8) is 0 Å². The summed E-state index contributed by atoms with van der Waals surface area (Å²) in [6.07, 6.45) is 8.52. The predicted molar refractivity (Wildman–Crippen MR) is 113 cm³/mol. The Bertz CT molecular complexity index is 851. The molecule has 3 aliphatic heterocycles. The second-order valence-corrected chi connectivity index (χ2v) is 9.58. The van der Waals surface area contributed by atoms with E-state index in [1.54, 1.807) is 23.7 Å². The average molecular weight is 413 g/mol. The van der Waals surface area contributed by atoms with E-state index in [2.05, 4.69) is 36.6 Å². The fourth-order valence-corrected chi connectivity index (χ4v) is 6.40. The minimum absolute atomic E-state index is 0.00653. The average Bonchev–Trinajstić information content (AvgIpc) is 3.46. The molecule has 1 atom stereocenters. The molecule has 2 aromatic rings. The van der Waals surface area contributed by atoms with Gasteiger partial charge in [0.05, 0.1) is 12.0 Å². The Balaban J connectivity index is 1.41. The summed E-state index contributed by atoms with van der Waals surface area (Å²) in [5.74, 6) is 1.11. The van der Waals surface area contributed by atoms with Crippen LogP contribution in [0.4, 0.5) is 5.95 Å². The highest BCUT2D eigenvalue weighted by Crippen LogP contribution is 2.58. The van der Waals surface area contributed by atoms with E-state index in [1.165, 1.54) is 5.01 Å². The van der Waals surface area contributed by atoms with Gasteiger partial charge in [-0.2, -0.15) is 0 Å². The normalized spacial score (nSPS) is 26.9. The Hall–Kier alpha value is -2.06. The molecule has 7 nitrogen and oxygen atoms in total. The molecule has 0 radical (unpaired) electrons. The fourth-order valence-electron chi connectivity index (χ4n) is 5.74. The number of nitrogens with zero attached hydrogens (tertiary/aromatic N) is 6. The Morgan fingerprint density at radius 3 is 2.48 bits per heavy atom. The first kappa shape index (κ1) is 18.9. The minimum Gasteiger partial charge on any atom is -0.342 e. The molecule has 5 rings (SSSR count). The zero-order chi connectivity index (χ0) is 19.9. The van der Waals surface area contributed by atoms with Gasteiger partial charge in [-0.1, -0.05) is 0 Å². The van der Waals surface area contributed by atoms with Crippen LogP contribution in [0.1, 0.15) is 31.2 Å². The van der Waals surface area contributed by atoms with Crippen LogP contribution in [-0.2, 0) is 11.3 Å². The van der Waals surface area contributed by atoms with Gasteiger partial charge in [-0.3, -0.25) is 9.69 Å². The fraction of sp³-hybridized carbons (Fsp3) is 0.619. The Kier molecular flexibility index (Phi) is 4.78. The van der Waals surface area contributed by atoms with Crippen LogP contribution in [0.2, 0.25) is 0 Å². The van der Waals surface area contributed by atoms with Crippen molar-refractivity contribution in [2.45, 2.75) is 32.7 Å². The van der Waals surface area contributed by atoms with E-state index in [-0.39, 0.29) is 10.8 Å². The number of aromatic nitrogens is 3. The zero-order valence-corrected chi connectivity index (χ0v) is 17.8. The molecular weight excluding hydrogens is 384 g/mol. The highest BCUT2D eigenvalue weighted by molar-refractivity contribution is 7.09. The molecule has 29 heavy (non-hydrogen) atoms. The van der Waals surface area contributed by atoms with Crippen LogP contribution >= 0.6 is 11.3 Å². The molecule has 3 saturated heterocycles. The molecule has 0 N–H and O–H groups in total. The van der Waals surface area contributed by atoms with E-state index >= 15 is 0 Å². The lowest BCUT2D eigenvalue weighted by atomic mass is 9.60. The number of carbonyl (C=O) groups excluding carboxylic acids is 1. The summed E-state index contributed by atoms with van der Waals surface area (Å²) in [7, 11) is 0. The Labute approximate surface area is 175 Å². The van der Waals surface area contributed by atoms with Crippen LogP contribution in [0.25, 0.3) is 0 Å². The number of piperidine rings is 1. The molecule has 0 aliphatic carbocycles. The number of carbonyl (C=O) groups is 1. The summed E-state index contributed by atoms with van der Waals surface area (Å²) in [6, 6.07) is 1.85. The number of amides is 1. The van der Waals surface area contributed by atoms with E-state index in [0.717, 1.165) is 71.0 Å². The van der Waals surface area contributed by atoms with Gasteiger partial charge in [0.25, 0.3) is 0 Å². The van der Waals surface area contributed by atoms with E-state index in [1.807, 2.05) is 17.6 Å². The number of anilines is 1. The van der Waals surface area contributed by atoms with E-state index in [0.29, 0.717) is 5.91 Å². The number of thiazole rings is 1. The molecule has 154 valence electrons. The monoisotopic (exact) mass is 412 g/mol. The van der Waals surface area contributed by atoms with Crippen LogP contribution in [-0.4, -0.2) is 69.9 Å². The molecule has 0 saturated carbocycles. The quantitative estimate of drug-likeness (QED) is 0.768. The van der Waals surface area contributed by atoms with Gasteiger partial charge in [0.2, 0.25) is 11.9 Å². The summed E-state index contributed by atoms with van der Waals surface area (Å²) in [5.41, 5.74) is -0.290. The second kappa shape index (κ2) is 7.32. The summed E-state index contributed by atoms with van der Waals surface area (Å²) >= 11 is 1.72. The third kappa shape index (κ3) is 3.04. The molecule has 0 unspecified atom stereocenters. The number of hydrogen-bond donors (Lipinski definition) is 0. The maximum Gasteiger partial charge on any atom is 0.231 e. The lowest BCUT2D eigenvalue weighted by Crippen LogP contribution is -2.52. The first-order chi connectivity index (χ1) is 14.2. The number of rotatable bonds is 4. The topological polar surface area (TPSA) is 65.5 Å². The smallest absolute Gasteiger partial charge is 0.231 e. The largest absolute Gasteiger partial charge is 0.342 e. The summed E-state index contributed by atoms with van der Waals surface area (Å²) in [5, 5.41) is 3.22. The van der Waals surface area contributed by atoms with Gasteiger partial charge in [0, 0.05) is 55.6 Å². The maximum atomic E-state index is 13.6. The van der Waals surface area contributed by atoms with Crippen LogP contribution < -0.4 is 4.90 Å². The summed E-state index contributed by atoms with van der Waals surface area (Å²) in [4.78, 5) is 33.8. The van der Waals surface area contributed by atoms with Crippen molar-refractivity contribution >= 4 is 23.2 Å². The zero-order valence-electron chi connectivity index (χ0n) is 17.0. The SMILES string of the molecule is CCN1CC[C@@]2(CN(c3ncccn3)CC23CCN(Cc2nccs2)CC3)C1=O. The molecule has 0 aromatic carbocycles. The summed E-state index contributed by atoms with van der Waals surface area (Å²) < 4.78 is 0. The second-order valence-electron chi connectivity index (χ2n) is 8.60. The van der Waals surface area contributed by atoms with Gasteiger partial charge in [0.1, 0.15) is 5.01 Å². The molecular formula is C21H28N6OS. The molecule has 3 aliphatic rings. The van der Waals surface area contributed by atoms with Gasteiger partial charge in [0.15, 0.2) is 0 Å². The summed E-state index contributed by atoms with van der Waals surface area (Å²) in [6.45, 7) is 8.35. The van der Waals surface area contributed by atoms with Crippen LogP contribution in [0.3, 0.4) is 0 Å². The Morgan fingerprint density at radius 2 is 1.83 bits per heavy atom. The third-order valence-corrected chi connectivity index (χ3v) is 8.11. The molecule has 5 heterocycles. The minimum atomic E-state index is -0.296. The number of fused-ring (bicyclic) bond motifs is 1. The van der Waals surface area contributed by atoms with Crippen molar-refractivity contribution in [3.05, 3.63) is 35.0 Å². The number of likely N-dealkylation sites (tertiary alicyclic amines) is 2. The van der Waals surface area contributed by atoms with Crippen molar-refractivity contribution in [1.82, 2.24) is 24.8 Å². The van der Waals surface area contributed by atoms with Crippen LogP contribution in [0.15, 0.2) is 30.0 Å². The molecule has 2 spiro atoms. The van der Waals surface area contributed by atoms with Crippen molar-refractivity contribution in [1.29, 1.82) is 0 Å². The lowest BCUT2D eigenvalue weighted by Gasteiger charge is -2.46. The third-order valence-electron chi connectivity index (χ3n) is 7.35. The molecule has 8 heteroatoms. The van der Waals surface area contributed by atoms with Crippen molar-refractivity contribution < 1.29 is 4.79 Å². The lowest BCUT2D eigenvalue weighted by molar-refractivity contribution is -0.142. The van der Waals surface area contributed by atoms with Crippen molar-refractivity contribution in [3.8, 4) is 0 Å². The van der Waals surface area contributed by atoms with Gasteiger partial charge in [-0.25, -0.2) is 15.0 Å². The highest BCUT2D eigenvalue weighted by Gasteiger charge is 2.65. The predicted octanol–water partition coefficient (Wildman–Crippen LogP) is 2.27. The van der Waals surface area contributed by atoms with Gasteiger partial charge in [-0.15, -0.1) is 11.3 Å². The van der Waals surface area contributed by atoms with Gasteiger partial charge >= 0.3 is 0 Å². The maximum absolute atomic E-state index is 13.6.